The Morgan fingerprint density at radius 2 is 0.744 bits per heavy atom. The number of nitrogens with one attached hydrogen (secondary N) is 11. The maximum Gasteiger partial charge on any atom is 0.328 e. The van der Waals surface area contributed by atoms with Gasteiger partial charge in [-0.05, 0) is 46.5 Å². The van der Waals surface area contributed by atoms with Gasteiger partial charge in [-0.3, -0.25) is 67.1 Å². The van der Waals surface area contributed by atoms with Gasteiger partial charge < -0.3 is 111 Å². The summed E-state index contributed by atoms with van der Waals surface area (Å²) in [6, 6.07) is -21.2. The second-order valence-corrected chi connectivity index (χ2v) is 19.1. The van der Waals surface area contributed by atoms with Crippen LogP contribution in [0.15, 0.2) is 0 Å². The summed E-state index contributed by atoms with van der Waals surface area (Å²) in [4.78, 5) is 191. The maximum atomic E-state index is 13.7. The van der Waals surface area contributed by atoms with E-state index in [0.717, 1.165) is 20.8 Å². The molecule has 0 radical (unpaired) electrons. The fourth-order valence-corrected chi connectivity index (χ4v) is 6.92. The van der Waals surface area contributed by atoms with Crippen LogP contribution in [0.1, 0.15) is 73.6 Å². The summed E-state index contributed by atoms with van der Waals surface area (Å²) in [5.74, 6) is -20.5. The summed E-state index contributed by atoms with van der Waals surface area (Å²) in [5.41, 5.74) is 10.7. The fraction of sp³-hybridized carbons (Fsp3) is 0.667. The molecule has 0 heterocycles. The molecule has 464 valence electrons. The van der Waals surface area contributed by atoms with E-state index in [1.165, 1.54) is 20.8 Å². The normalized spacial score (nSPS) is 16.2. The van der Waals surface area contributed by atoms with Crippen molar-refractivity contribution in [3.8, 4) is 0 Å². The highest BCUT2D eigenvalue weighted by Gasteiger charge is 2.38. The molecular weight excluding hydrogens is 1120 g/mol. The third kappa shape index (κ3) is 26.2. The van der Waals surface area contributed by atoms with Gasteiger partial charge in [0.2, 0.25) is 70.9 Å². The number of carbonyl (C=O) groups excluding carboxylic acids is 12. The Morgan fingerprint density at radius 3 is 1.12 bits per heavy atom. The molecule has 0 aromatic heterocycles. The predicted molar refractivity (Wildman–Crippen MR) is 279 cm³/mol. The van der Waals surface area contributed by atoms with E-state index in [9.17, 15) is 108 Å². The first-order valence-electron chi connectivity index (χ1n) is 24.9. The molecule has 0 aromatic rings. The Balaban J connectivity index is 6.37. The first-order chi connectivity index (χ1) is 38.1. The van der Waals surface area contributed by atoms with Crippen molar-refractivity contribution in [3.05, 3.63) is 0 Å². The summed E-state index contributed by atoms with van der Waals surface area (Å²) >= 11 is 4.03. The van der Waals surface area contributed by atoms with Gasteiger partial charge >= 0.3 is 17.9 Å². The van der Waals surface area contributed by atoms with E-state index in [1.807, 2.05) is 16.0 Å². The largest absolute Gasteiger partial charge is 0.481 e. The number of carboxylic acids is 3. The van der Waals surface area contributed by atoms with E-state index in [2.05, 4.69) is 55.2 Å². The number of nitrogens with two attached hydrogens (primary N) is 2. The molecule has 23 N–H and O–H groups in total. The summed E-state index contributed by atoms with van der Waals surface area (Å²) in [6.07, 6.45) is -7.50. The van der Waals surface area contributed by atoms with Crippen molar-refractivity contribution in [2.24, 2.45) is 17.4 Å². The van der Waals surface area contributed by atoms with Gasteiger partial charge in [0.05, 0.1) is 44.5 Å². The Bertz CT molecular complexity index is 2310. The topological polar surface area (TPSA) is 602 Å². The van der Waals surface area contributed by atoms with Crippen molar-refractivity contribution in [3.63, 3.8) is 0 Å². The molecule has 0 aliphatic heterocycles. The number of amides is 12. The minimum atomic E-state index is -2.04. The van der Waals surface area contributed by atoms with Crippen LogP contribution in [0.5, 0.6) is 0 Å². The lowest BCUT2D eigenvalue weighted by Crippen LogP contribution is -2.63. The number of aliphatic carboxylic acids is 3. The molecule has 0 rings (SSSR count). The lowest BCUT2D eigenvalue weighted by Gasteiger charge is -2.28. The fourth-order valence-electron chi connectivity index (χ4n) is 6.66. The lowest BCUT2D eigenvalue weighted by molar-refractivity contribution is -0.143. The van der Waals surface area contributed by atoms with E-state index in [0.29, 0.717) is 0 Å². The summed E-state index contributed by atoms with van der Waals surface area (Å²) in [6.45, 7) is 3.97. The zero-order valence-corrected chi connectivity index (χ0v) is 46.2. The first-order valence-corrected chi connectivity index (χ1v) is 25.5. The molecule has 0 saturated heterocycles. The van der Waals surface area contributed by atoms with Gasteiger partial charge in [0.1, 0.15) is 66.5 Å². The van der Waals surface area contributed by atoms with Crippen molar-refractivity contribution >= 4 is 101 Å². The first kappa shape index (κ1) is 74.2. The van der Waals surface area contributed by atoms with Crippen LogP contribution >= 0.6 is 12.6 Å². The molecule has 12 amide bonds. The average Bonchev–Trinajstić information content (AvgIpc) is 3.41. The van der Waals surface area contributed by atoms with Crippen molar-refractivity contribution in [2.45, 2.75) is 158 Å². The molecule has 0 aromatic carbocycles. The highest BCUT2D eigenvalue weighted by Crippen LogP contribution is 2.08. The van der Waals surface area contributed by atoms with Gasteiger partial charge in [0, 0.05) is 18.6 Å². The quantitative estimate of drug-likeness (QED) is 0.0255. The van der Waals surface area contributed by atoms with Crippen LogP contribution in [0, 0.1) is 5.92 Å². The molecule has 0 bridgehead atoms. The van der Waals surface area contributed by atoms with E-state index in [4.69, 9.17) is 16.6 Å². The van der Waals surface area contributed by atoms with E-state index >= 15 is 0 Å². The third-order valence-electron chi connectivity index (χ3n) is 11.4. The minimum Gasteiger partial charge on any atom is -0.481 e. The molecule has 0 aliphatic rings. The van der Waals surface area contributed by atoms with E-state index < -0.39 is 237 Å². The SMILES string of the molecule is CC(C)[C@H](NC(=O)[C@H](C)NC(=O)[C@H](CC(=O)O)NC(=O)[C@@H](NC(=O)[C@H](CS)NC(=O)[C@H](CCC(N)=O)NC(=O)[C@H](CO)NC(=O)[C@@H](NC(=O)[C@H](CCC(=O)O)NC(=O)[C@H](CO)NC(=O)[C@H](C)N)[C@@H](C)O)[C@@H](C)O)C(=O)N[C@@H](CO)C(=O)O. The molecule has 0 spiro atoms. The van der Waals surface area contributed by atoms with Crippen LogP contribution in [0.3, 0.4) is 0 Å². The smallest absolute Gasteiger partial charge is 0.328 e. The highest BCUT2D eigenvalue weighted by atomic mass is 32.1. The molecule has 0 saturated carbocycles. The molecule has 0 unspecified atom stereocenters. The maximum absolute atomic E-state index is 13.7. The molecule has 37 heteroatoms. The molecule has 82 heavy (non-hydrogen) atoms. The number of thiol groups is 1. The molecule has 36 nitrogen and oxygen atoms in total. The van der Waals surface area contributed by atoms with Gasteiger partial charge in [-0.2, -0.15) is 12.6 Å². The Kier molecular flexibility index (Phi) is 33.0. The predicted octanol–water partition coefficient (Wildman–Crippen LogP) is -11.3. The number of rotatable bonds is 38. The Labute approximate surface area is 472 Å². The third-order valence-corrected chi connectivity index (χ3v) is 11.8. The Hall–Kier alpha value is -7.84. The minimum absolute atomic E-state index is 0.609. The van der Waals surface area contributed by atoms with Crippen molar-refractivity contribution in [2.75, 3.05) is 25.6 Å². The van der Waals surface area contributed by atoms with Crippen LogP contribution < -0.4 is 70.0 Å². The molecule has 14 atom stereocenters. The van der Waals surface area contributed by atoms with E-state index in [-0.39, 0.29) is 0 Å². The number of aliphatic hydroxyl groups excluding tert-OH is 5. The highest BCUT2D eigenvalue weighted by molar-refractivity contribution is 7.80. The number of hydrogen-bond acceptors (Lipinski definition) is 22. The van der Waals surface area contributed by atoms with Crippen molar-refractivity contribution < 1.29 is 113 Å². The van der Waals surface area contributed by atoms with Gasteiger partial charge in [-0.25, -0.2) is 4.79 Å². The van der Waals surface area contributed by atoms with Crippen molar-refractivity contribution in [1.82, 2.24) is 58.5 Å². The number of primary amides is 1. The second kappa shape index (κ2) is 36.5. The number of carboxylic acid groups (broad SMARTS) is 3. The van der Waals surface area contributed by atoms with E-state index in [1.54, 1.807) is 0 Å². The van der Waals surface area contributed by atoms with Crippen molar-refractivity contribution in [1.29, 1.82) is 0 Å². The lowest BCUT2D eigenvalue weighted by atomic mass is 10.0. The average molecular weight is 1200 g/mol. The van der Waals surface area contributed by atoms with Gasteiger partial charge in [0.25, 0.3) is 0 Å². The number of carbonyl (C=O) groups is 15. The zero-order chi connectivity index (χ0) is 63.5. The van der Waals surface area contributed by atoms with Crippen LogP contribution in [-0.4, -0.2) is 240 Å². The second-order valence-electron chi connectivity index (χ2n) is 18.7. The summed E-state index contributed by atoms with van der Waals surface area (Å²) in [5, 5.41) is 101. The Morgan fingerprint density at radius 1 is 0.402 bits per heavy atom. The van der Waals surface area contributed by atoms with Crippen LogP contribution in [0.25, 0.3) is 0 Å². The van der Waals surface area contributed by atoms with Gasteiger partial charge in [-0.15, -0.1) is 0 Å². The molecule has 0 aliphatic carbocycles. The number of aliphatic hydroxyl groups is 5. The van der Waals surface area contributed by atoms with Gasteiger partial charge in [-0.1, -0.05) is 13.8 Å². The summed E-state index contributed by atoms with van der Waals surface area (Å²) < 4.78 is 0. The molecule has 0 fully saturated rings. The van der Waals surface area contributed by atoms with Crippen LogP contribution in [0.4, 0.5) is 0 Å². The zero-order valence-electron chi connectivity index (χ0n) is 45.3. The van der Waals surface area contributed by atoms with Gasteiger partial charge in [0.15, 0.2) is 0 Å². The summed E-state index contributed by atoms with van der Waals surface area (Å²) in [7, 11) is 0. The molecular formula is C45H75N13O23S. The van der Waals surface area contributed by atoms with Crippen LogP contribution in [-0.2, 0) is 71.9 Å². The standard InChI is InChI=1S/C45H75N13O23S/c1-16(2)31(42(77)54-26(14-61)45(80)81)56-35(70)18(4)48-38(73)23(11-30(67)68)51-43(78)32(19(5)62)58-41(76)27(15-82)55-36(71)21(7-9-28(47)64)49-40(75)25(13-60)53-44(79)33(20(6)63)57-37(72)22(8-10-29(65)66)50-39(74)24(12-59)52-34(69)17(3)46/h16-27,31-33,59-63,82H,7-15,46H2,1-6H3,(H2,47,64)(H,48,73)(H,49,75)(H,50,74)(H,51,78)(H,52,69)(H,53,79)(H,54,77)(H,55,71)(H,56,70)(H,57,72)(H,58,76)(H,65,66)(H,67,68)(H,80,81)/t17-,18-,19+,20+,21-,22-,23-,24-,25-,26-,27-,31-,32-,33-/m0/s1. The van der Waals surface area contributed by atoms with Crippen LogP contribution in [0.2, 0.25) is 0 Å². The monoisotopic (exact) mass is 1200 g/mol. The number of hydrogen-bond donors (Lipinski definition) is 22.